The lowest BCUT2D eigenvalue weighted by molar-refractivity contribution is -0.121. The van der Waals surface area contributed by atoms with Gasteiger partial charge in [-0.25, -0.2) is 0 Å². The van der Waals surface area contributed by atoms with Gasteiger partial charge in [-0.05, 0) is 25.7 Å². The van der Waals surface area contributed by atoms with Crippen LogP contribution in [-0.2, 0) is 9.59 Å². The van der Waals surface area contributed by atoms with Crippen LogP contribution in [0.3, 0.4) is 0 Å². The molecule has 0 saturated heterocycles. The molecule has 160 valence electrons. The first-order valence-corrected chi connectivity index (χ1v) is 10.6. The highest BCUT2D eigenvalue weighted by molar-refractivity contribution is 5.86. The molecule has 1 amide bonds. The number of Topliss-reactive ketones (excluding diaryl/α,β-unsaturated/α-hetero) is 1. The molecule has 4 atom stereocenters. The van der Waals surface area contributed by atoms with E-state index in [1.54, 1.807) is 12.2 Å². The predicted molar refractivity (Wildman–Crippen MR) is 110 cm³/mol. The molecular weight excluding hydrogens is 358 g/mol. The van der Waals surface area contributed by atoms with Crippen molar-refractivity contribution in [3.8, 4) is 0 Å². The van der Waals surface area contributed by atoms with Crippen LogP contribution in [0.4, 0.5) is 0 Å². The van der Waals surface area contributed by atoms with E-state index in [0.29, 0.717) is 25.7 Å². The molecule has 28 heavy (non-hydrogen) atoms. The SMILES string of the molecule is CCCCC[C@H](O)/C=C/[C@H]1C(=O)C[C@H](O)[C@@H]1C/C=C/CCCC(=O)NCCO. The number of aliphatic hydroxyl groups is 3. The zero-order valence-electron chi connectivity index (χ0n) is 17.1. The summed E-state index contributed by atoms with van der Waals surface area (Å²) in [6, 6.07) is 0. The van der Waals surface area contributed by atoms with Crippen molar-refractivity contribution in [2.24, 2.45) is 11.8 Å². The van der Waals surface area contributed by atoms with Gasteiger partial charge in [0.1, 0.15) is 5.78 Å². The Balaban J connectivity index is 2.40. The molecule has 0 spiro atoms. The van der Waals surface area contributed by atoms with Gasteiger partial charge in [-0.15, -0.1) is 0 Å². The molecular formula is C22H37NO5. The van der Waals surface area contributed by atoms with Gasteiger partial charge in [-0.3, -0.25) is 9.59 Å². The minimum absolute atomic E-state index is 0.0310. The molecule has 0 aromatic heterocycles. The Morgan fingerprint density at radius 3 is 2.79 bits per heavy atom. The Labute approximate surface area is 168 Å². The number of unbranched alkanes of at least 4 members (excludes halogenated alkanes) is 3. The smallest absolute Gasteiger partial charge is 0.220 e. The van der Waals surface area contributed by atoms with Crippen molar-refractivity contribution in [2.75, 3.05) is 13.2 Å². The Kier molecular flexibility index (Phi) is 12.7. The van der Waals surface area contributed by atoms with Crippen LogP contribution in [-0.4, -0.2) is 52.4 Å². The van der Waals surface area contributed by atoms with Gasteiger partial charge in [-0.2, -0.15) is 0 Å². The number of allylic oxidation sites excluding steroid dienone is 3. The van der Waals surface area contributed by atoms with Crippen molar-refractivity contribution >= 4 is 11.7 Å². The third-order valence-electron chi connectivity index (χ3n) is 5.17. The third kappa shape index (κ3) is 9.62. The molecule has 1 aliphatic carbocycles. The molecule has 1 aliphatic rings. The van der Waals surface area contributed by atoms with Crippen molar-refractivity contribution in [3.63, 3.8) is 0 Å². The molecule has 6 nitrogen and oxygen atoms in total. The van der Waals surface area contributed by atoms with E-state index in [9.17, 15) is 19.8 Å². The van der Waals surface area contributed by atoms with Crippen molar-refractivity contribution in [1.29, 1.82) is 0 Å². The maximum absolute atomic E-state index is 12.2. The van der Waals surface area contributed by atoms with Crippen molar-refractivity contribution < 1.29 is 24.9 Å². The van der Waals surface area contributed by atoms with E-state index in [0.717, 1.165) is 25.7 Å². The number of hydrogen-bond acceptors (Lipinski definition) is 5. The Morgan fingerprint density at radius 2 is 2.07 bits per heavy atom. The molecule has 0 bridgehead atoms. The summed E-state index contributed by atoms with van der Waals surface area (Å²) in [6.45, 7) is 2.34. The largest absolute Gasteiger partial charge is 0.395 e. The molecule has 4 N–H and O–H groups in total. The summed E-state index contributed by atoms with van der Waals surface area (Å²) in [5.41, 5.74) is 0. The molecule has 1 fully saturated rings. The fourth-order valence-electron chi connectivity index (χ4n) is 3.51. The molecule has 0 aromatic carbocycles. The molecule has 0 heterocycles. The number of rotatable bonds is 14. The van der Waals surface area contributed by atoms with E-state index in [4.69, 9.17) is 5.11 Å². The average molecular weight is 396 g/mol. The van der Waals surface area contributed by atoms with Gasteiger partial charge in [0, 0.05) is 31.2 Å². The van der Waals surface area contributed by atoms with Crippen LogP contribution in [0.2, 0.25) is 0 Å². The number of carbonyl (C=O) groups is 2. The highest BCUT2D eigenvalue weighted by Gasteiger charge is 2.39. The summed E-state index contributed by atoms with van der Waals surface area (Å²) in [6.07, 6.45) is 12.8. The topological polar surface area (TPSA) is 107 Å². The van der Waals surface area contributed by atoms with Crippen molar-refractivity contribution in [3.05, 3.63) is 24.3 Å². The fraction of sp³-hybridized carbons (Fsp3) is 0.727. The Morgan fingerprint density at radius 1 is 1.29 bits per heavy atom. The van der Waals surface area contributed by atoms with E-state index in [2.05, 4.69) is 12.2 Å². The number of ketones is 1. The summed E-state index contributed by atoms with van der Waals surface area (Å²) in [5, 5.41) is 31.5. The van der Waals surface area contributed by atoms with E-state index in [1.165, 1.54) is 0 Å². The standard InChI is InChI=1S/C22H37NO5/c1-2-3-6-9-17(25)12-13-19-18(20(26)16-21(19)27)10-7-4-5-8-11-22(28)23-14-15-24/h4,7,12-13,17-20,24-26H,2-3,5-6,8-11,14-16H2,1H3,(H,23,28)/b7-4+,13-12+/t17-,18+,19+,20-/m0/s1. The van der Waals surface area contributed by atoms with E-state index in [-0.39, 0.29) is 43.1 Å². The minimum Gasteiger partial charge on any atom is -0.395 e. The highest BCUT2D eigenvalue weighted by Crippen LogP contribution is 2.33. The van der Waals surface area contributed by atoms with Gasteiger partial charge in [0.25, 0.3) is 0 Å². The number of hydrogen-bond donors (Lipinski definition) is 4. The minimum atomic E-state index is -0.645. The van der Waals surface area contributed by atoms with Crippen LogP contribution in [0.1, 0.15) is 64.7 Å². The molecule has 0 aromatic rings. The van der Waals surface area contributed by atoms with E-state index >= 15 is 0 Å². The summed E-state index contributed by atoms with van der Waals surface area (Å²) in [4.78, 5) is 23.6. The Hall–Kier alpha value is -1.50. The zero-order valence-corrected chi connectivity index (χ0v) is 17.1. The number of nitrogens with one attached hydrogen (secondary N) is 1. The second-order valence-electron chi connectivity index (χ2n) is 7.55. The van der Waals surface area contributed by atoms with Gasteiger partial charge < -0.3 is 20.6 Å². The number of carbonyl (C=O) groups excluding carboxylic acids is 2. The van der Waals surface area contributed by atoms with Crippen LogP contribution < -0.4 is 5.32 Å². The first-order chi connectivity index (χ1) is 13.5. The molecule has 1 rings (SSSR count). The number of amides is 1. The lowest BCUT2D eigenvalue weighted by atomic mass is 9.90. The lowest BCUT2D eigenvalue weighted by Crippen LogP contribution is -2.25. The van der Waals surface area contributed by atoms with Gasteiger partial charge in [0.05, 0.1) is 18.8 Å². The molecule has 0 aliphatic heterocycles. The monoisotopic (exact) mass is 395 g/mol. The summed E-state index contributed by atoms with van der Waals surface area (Å²) in [5.74, 6) is -0.536. The van der Waals surface area contributed by atoms with Crippen LogP contribution in [0.15, 0.2) is 24.3 Å². The summed E-state index contributed by atoms with van der Waals surface area (Å²) in [7, 11) is 0. The van der Waals surface area contributed by atoms with Crippen molar-refractivity contribution in [2.45, 2.75) is 76.9 Å². The van der Waals surface area contributed by atoms with Gasteiger partial charge in [-0.1, -0.05) is 50.5 Å². The van der Waals surface area contributed by atoms with Gasteiger partial charge in [0.2, 0.25) is 5.91 Å². The van der Waals surface area contributed by atoms with E-state index in [1.807, 2.05) is 12.2 Å². The van der Waals surface area contributed by atoms with Crippen LogP contribution in [0, 0.1) is 11.8 Å². The highest BCUT2D eigenvalue weighted by atomic mass is 16.3. The maximum Gasteiger partial charge on any atom is 0.220 e. The molecule has 6 heteroatoms. The summed E-state index contributed by atoms with van der Waals surface area (Å²) < 4.78 is 0. The fourth-order valence-corrected chi connectivity index (χ4v) is 3.51. The van der Waals surface area contributed by atoms with Crippen LogP contribution >= 0.6 is 0 Å². The van der Waals surface area contributed by atoms with Crippen LogP contribution in [0.5, 0.6) is 0 Å². The molecule has 0 radical (unpaired) electrons. The summed E-state index contributed by atoms with van der Waals surface area (Å²) >= 11 is 0. The first-order valence-electron chi connectivity index (χ1n) is 10.6. The van der Waals surface area contributed by atoms with Gasteiger partial charge in [0.15, 0.2) is 0 Å². The lowest BCUT2D eigenvalue weighted by Gasteiger charge is -2.17. The second-order valence-corrected chi connectivity index (χ2v) is 7.55. The maximum atomic E-state index is 12.2. The normalized spacial score (nSPS) is 23.7. The zero-order chi connectivity index (χ0) is 20.8. The van der Waals surface area contributed by atoms with E-state index < -0.39 is 12.2 Å². The second kappa shape index (κ2) is 14.5. The molecule has 1 saturated carbocycles. The third-order valence-corrected chi connectivity index (χ3v) is 5.17. The quantitative estimate of drug-likeness (QED) is 0.267. The molecule has 0 unspecified atom stereocenters. The Bertz CT molecular complexity index is 517. The van der Waals surface area contributed by atoms with Crippen LogP contribution in [0.25, 0.3) is 0 Å². The first kappa shape index (κ1) is 24.5. The van der Waals surface area contributed by atoms with Gasteiger partial charge >= 0.3 is 0 Å². The predicted octanol–water partition coefficient (Wildman–Crippen LogP) is 2.28. The van der Waals surface area contributed by atoms with Crippen molar-refractivity contribution in [1.82, 2.24) is 5.32 Å². The average Bonchev–Trinajstić information content (AvgIpc) is 2.94. The number of aliphatic hydroxyl groups excluding tert-OH is 3.